The van der Waals surface area contributed by atoms with Gasteiger partial charge in [-0.15, -0.1) is 0 Å². The first-order valence-corrected chi connectivity index (χ1v) is 11.4. The third kappa shape index (κ3) is 5.04. The van der Waals surface area contributed by atoms with E-state index in [1.165, 1.54) is 12.8 Å². The van der Waals surface area contributed by atoms with E-state index in [2.05, 4.69) is 17.9 Å². The molecule has 164 valence electrons. The predicted molar refractivity (Wildman–Crippen MR) is 131 cm³/mol. The van der Waals surface area contributed by atoms with Gasteiger partial charge in [0.25, 0.3) is 0 Å². The van der Waals surface area contributed by atoms with Crippen molar-refractivity contribution >= 4 is 28.3 Å². The zero-order chi connectivity index (χ0) is 23.0. The Labute approximate surface area is 195 Å². The number of aryl methyl sites for hydroxylation is 1. The van der Waals surface area contributed by atoms with Gasteiger partial charge in [0.15, 0.2) is 5.78 Å². The highest BCUT2D eigenvalue weighted by Crippen LogP contribution is 2.40. The minimum Gasteiger partial charge on any atom is -0.360 e. The maximum absolute atomic E-state index is 12.8. The monoisotopic (exact) mass is 445 g/mol. The van der Waals surface area contributed by atoms with Gasteiger partial charge in [-0.3, -0.25) is 4.79 Å². The van der Waals surface area contributed by atoms with Gasteiger partial charge in [-0.2, -0.15) is 0 Å². The van der Waals surface area contributed by atoms with Crippen LogP contribution in [-0.2, 0) is 9.53 Å². The van der Waals surface area contributed by atoms with Crippen LogP contribution < -0.4 is 0 Å². The van der Waals surface area contributed by atoms with E-state index in [1.807, 2.05) is 64.1 Å². The van der Waals surface area contributed by atoms with E-state index in [0.29, 0.717) is 10.9 Å². The maximum Gasteiger partial charge on any atom is 0.163 e. The molecule has 3 aromatic rings. The van der Waals surface area contributed by atoms with E-state index in [-0.39, 0.29) is 5.78 Å². The van der Waals surface area contributed by atoms with Crippen molar-refractivity contribution in [3.05, 3.63) is 64.3 Å². The second kappa shape index (κ2) is 8.70. The average molecular weight is 446 g/mol. The van der Waals surface area contributed by atoms with Crippen LogP contribution in [0, 0.1) is 24.7 Å². The fourth-order valence-electron chi connectivity index (χ4n) is 3.86. The highest BCUT2D eigenvalue weighted by Gasteiger charge is 2.29. The Kier molecular flexibility index (Phi) is 6.12. The van der Waals surface area contributed by atoms with Gasteiger partial charge >= 0.3 is 0 Å². The van der Waals surface area contributed by atoms with Gasteiger partial charge in [-0.1, -0.05) is 29.7 Å². The normalized spacial score (nSPS) is 14.7. The lowest BCUT2D eigenvalue weighted by Crippen LogP contribution is -2.27. The molecule has 3 nitrogen and oxygen atoms in total. The molecule has 4 rings (SSSR count). The maximum atomic E-state index is 12.8. The summed E-state index contributed by atoms with van der Waals surface area (Å²) in [5.41, 5.74) is 4.92. The van der Waals surface area contributed by atoms with Crippen LogP contribution in [0.2, 0.25) is 5.02 Å². The van der Waals surface area contributed by atoms with Crippen LogP contribution in [0.1, 0.15) is 63.5 Å². The molecule has 0 saturated heterocycles. The lowest BCUT2D eigenvalue weighted by Gasteiger charge is -2.29. The smallest absolute Gasteiger partial charge is 0.163 e. The molecule has 2 aromatic carbocycles. The lowest BCUT2D eigenvalue weighted by molar-refractivity contribution is -0.138. The van der Waals surface area contributed by atoms with Crippen molar-refractivity contribution < 1.29 is 9.53 Å². The number of benzene rings is 2. The number of ether oxygens (including phenoxy) is 1. The van der Waals surface area contributed by atoms with Gasteiger partial charge < -0.3 is 4.74 Å². The van der Waals surface area contributed by atoms with Crippen LogP contribution in [0.4, 0.5) is 0 Å². The second-order valence-corrected chi connectivity index (χ2v) is 9.95. The summed E-state index contributed by atoms with van der Waals surface area (Å²) in [5.74, 6) is 6.99. The van der Waals surface area contributed by atoms with Gasteiger partial charge in [-0.05, 0) is 106 Å². The van der Waals surface area contributed by atoms with E-state index >= 15 is 0 Å². The number of rotatable bonds is 4. The number of aromatic nitrogens is 1. The SMILES string of the molecule is CC(=O)[C@@H](OC(C)(C)C)c1c(C)cc2nc(C#CC3CC3)ccc2c1-c1ccc(Cl)cc1. The second-order valence-electron chi connectivity index (χ2n) is 9.52. The molecule has 1 atom stereocenters. The summed E-state index contributed by atoms with van der Waals surface area (Å²) in [5, 5.41) is 1.63. The first kappa shape index (κ1) is 22.5. The van der Waals surface area contributed by atoms with Crippen LogP contribution in [0.3, 0.4) is 0 Å². The van der Waals surface area contributed by atoms with E-state index in [9.17, 15) is 4.79 Å². The molecule has 1 aliphatic carbocycles. The number of pyridine rings is 1. The molecule has 32 heavy (non-hydrogen) atoms. The molecule has 1 heterocycles. The standard InChI is InChI=1S/C28H28ClNO2/c1-17-16-24-23(15-14-22(30-24)13-8-19-6-7-19)26(20-9-11-21(29)12-10-20)25(17)27(18(2)31)32-28(3,4)5/h9-12,14-16,19,27H,6-7H2,1-5H3/t27-/m1/s1. The highest BCUT2D eigenvalue weighted by molar-refractivity contribution is 6.30. The van der Waals surface area contributed by atoms with Crippen molar-refractivity contribution in [3.8, 4) is 23.0 Å². The molecular formula is C28H28ClNO2. The lowest BCUT2D eigenvalue weighted by atomic mass is 9.87. The zero-order valence-corrected chi connectivity index (χ0v) is 20.0. The number of carbonyl (C=O) groups is 1. The van der Waals surface area contributed by atoms with Gasteiger partial charge in [-0.25, -0.2) is 4.98 Å². The summed E-state index contributed by atoms with van der Waals surface area (Å²) < 4.78 is 6.28. The van der Waals surface area contributed by atoms with E-state index in [0.717, 1.165) is 38.9 Å². The quantitative estimate of drug-likeness (QED) is 0.403. The molecule has 0 N–H and O–H groups in total. The van der Waals surface area contributed by atoms with Crippen LogP contribution >= 0.6 is 11.6 Å². The van der Waals surface area contributed by atoms with Crippen molar-refractivity contribution in [2.45, 2.75) is 59.2 Å². The number of hydrogen-bond donors (Lipinski definition) is 0. The first-order valence-electron chi connectivity index (χ1n) is 11.0. The molecule has 1 saturated carbocycles. The number of fused-ring (bicyclic) bond motifs is 1. The number of Topliss-reactive ketones (excluding diaryl/α,β-unsaturated/α-hetero) is 1. The Hall–Kier alpha value is -2.67. The van der Waals surface area contributed by atoms with Gasteiger partial charge in [0.2, 0.25) is 0 Å². The molecular weight excluding hydrogens is 418 g/mol. The van der Waals surface area contributed by atoms with Crippen LogP contribution in [0.15, 0.2) is 42.5 Å². The number of ketones is 1. The van der Waals surface area contributed by atoms with Crippen molar-refractivity contribution in [1.29, 1.82) is 0 Å². The fourth-order valence-corrected chi connectivity index (χ4v) is 3.98. The first-order chi connectivity index (χ1) is 15.1. The number of nitrogens with zero attached hydrogens (tertiary/aromatic N) is 1. The minimum absolute atomic E-state index is 0.0301. The Morgan fingerprint density at radius 1 is 1.16 bits per heavy atom. The number of halogens is 1. The van der Waals surface area contributed by atoms with Crippen molar-refractivity contribution in [2.24, 2.45) is 5.92 Å². The predicted octanol–water partition coefficient (Wildman–Crippen LogP) is 7.07. The van der Waals surface area contributed by atoms with Gasteiger partial charge in [0.1, 0.15) is 11.8 Å². The largest absolute Gasteiger partial charge is 0.360 e. The van der Waals surface area contributed by atoms with Crippen LogP contribution in [0.5, 0.6) is 0 Å². The van der Waals surface area contributed by atoms with Crippen LogP contribution in [0.25, 0.3) is 22.0 Å². The van der Waals surface area contributed by atoms with E-state index in [4.69, 9.17) is 21.3 Å². The summed E-state index contributed by atoms with van der Waals surface area (Å²) in [4.78, 5) is 17.6. The molecule has 0 radical (unpaired) electrons. The molecule has 0 spiro atoms. The van der Waals surface area contributed by atoms with E-state index in [1.54, 1.807) is 6.92 Å². The summed E-state index contributed by atoms with van der Waals surface area (Å²) in [6.45, 7) is 9.50. The van der Waals surface area contributed by atoms with Crippen LogP contribution in [-0.4, -0.2) is 16.4 Å². The third-order valence-electron chi connectivity index (χ3n) is 5.46. The molecule has 1 fully saturated rings. The molecule has 4 heteroatoms. The minimum atomic E-state index is -0.681. The van der Waals surface area contributed by atoms with Gasteiger partial charge in [0.05, 0.1) is 11.1 Å². The Morgan fingerprint density at radius 2 is 1.84 bits per heavy atom. The topological polar surface area (TPSA) is 39.2 Å². The molecule has 1 aromatic heterocycles. The van der Waals surface area contributed by atoms with Crippen molar-refractivity contribution in [2.75, 3.05) is 0 Å². The highest BCUT2D eigenvalue weighted by atomic mass is 35.5. The molecule has 0 unspecified atom stereocenters. The molecule has 0 aliphatic heterocycles. The summed E-state index contributed by atoms with van der Waals surface area (Å²) in [6.07, 6.45) is 1.69. The Bertz CT molecular complexity index is 1240. The van der Waals surface area contributed by atoms with Crippen molar-refractivity contribution in [3.63, 3.8) is 0 Å². The van der Waals surface area contributed by atoms with Gasteiger partial charge in [0, 0.05) is 16.3 Å². The fraction of sp³-hybridized carbons (Fsp3) is 0.357. The number of carbonyl (C=O) groups excluding carboxylic acids is 1. The summed E-state index contributed by atoms with van der Waals surface area (Å²) in [6, 6.07) is 13.7. The third-order valence-corrected chi connectivity index (χ3v) is 5.71. The Morgan fingerprint density at radius 3 is 2.44 bits per heavy atom. The van der Waals surface area contributed by atoms with E-state index < -0.39 is 11.7 Å². The Balaban J connectivity index is 1.97. The zero-order valence-electron chi connectivity index (χ0n) is 19.3. The molecule has 1 aliphatic rings. The average Bonchev–Trinajstić information content (AvgIpc) is 3.54. The summed E-state index contributed by atoms with van der Waals surface area (Å²) in [7, 11) is 0. The molecule has 0 amide bonds. The molecule has 0 bridgehead atoms. The summed E-state index contributed by atoms with van der Waals surface area (Å²) >= 11 is 6.17. The van der Waals surface area contributed by atoms with Crippen molar-refractivity contribution in [1.82, 2.24) is 4.98 Å². The number of hydrogen-bond acceptors (Lipinski definition) is 3.